The zero-order chi connectivity index (χ0) is 18.8. The number of nitrogens with zero attached hydrogens (tertiary/aromatic N) is 4. The SMILES string of the molecule is COc1cc(C2SCCN2C(C)=O)c(OCc2cccn3ccnc23)cn1. The first kappa shape index (κ1) is 17.7. The summed E-state index contributed by atoms with van der Waals surface area (Å²) >= 11 is 1.72. The van der Waals surface area contributed by atoms with E-state index in [4.69, 9.17) is 9.47 Å². The minimum absolute atomic E-state index is 0.0499. The maximum Gasteiger partial charge on any atom is 0.220 e. The minimum Gasteiger partial charge on any atom is -0.487 e. The molecule has 1 saturated heterocycles. The summed E-state index contributed by atoms with van der Waals surface area (Å²) in [6.07, 6.45) is 7.28. The van der Waals surface area contributed by atoms with E-state index in [1.807, 2.05) is 39.9 Å². The fraction of sp³-hybridized carbons (Fsp3) is 0.316. The number of hydrogen-bond acceptors (Lipinski definition) is 6. The van der Waals surface area contributed by atoms with Crippen LogP contribution >= 0.6 is 11.8 Å². The molecule has 0 radical (unpaired) electrons. The lowest BCUT2D eigenvalue weighted by atomic mass is 10.2. The Hall–Kier alpha value is -2.74. The Balaban J connectivity index is 1.64. The van der Waals surface area contributed by atoms with Gasteiger partial charge in [-0.2, -0.15) is 0 Å². The van der Waals surface area contributed by atoms with Crippen molar-refractivity contribution in [2.24, 2.45) is 0 Å². The molecule has 3 aromatic rings. The number of fused-ring (bicyclic) bond motifs is 1. The third kappa shape index (κ3) is 3.44. The Kier molecular flexibility index (Phi) is 4.89. The molecule has 1 amide bonds. The topological polar surface area (TPSA) is 69.0 Å². The van der Waals surface area contributed by atoms with Crippen LogP contribution in [0.25, 0.3) is 5.65 Å². The van der Waals surface area contributed by atoms with Crippen molar-refractivity contribution in [3.8, 4) is 11.6 Å². The number of rotatable bonds is 5. The first-order valence-corrected chi connectivity index (χ1v) is 9.68. The van der Waals surface area contributed by atoms with Crippen LogP contribution in [0.5, 0.6) is 11.6 Å². The van der Waals surface area contributed by atoms with Gasteiger partial charge in [0.15, 0.2) is 0 Å². The molecule has 4 rings (SSSR count). The van der Waals surface area contributed by atoms with Crippen molar-refractivity contribution in [2.45, 2.75) is 18.9 Å². The van der Waals surface area contributed by atoms with Gasteiger partial charge in [-0.05, 0) is 6.07 Å². The van der Waals surface area contributed by atoms with Gasteiger partial charge in [-0.3, -0.25) is 4.79 Å². The van der Waals surface area contributed by atoms with Gasteiger partial charge in [0.05, 0.1) is 13.3 Å². The monoisotopic (exact) mass is 384 g/mol. The van der Waals surface area contributed by atoms with E-state index in [1.54, 1.807) is 38.2 Å². The van der Waals surface area contributed by atoms with Gasteiger partial charge >= 0.3 is 0 Å². The molecule has 7 nitrogen and oxygen atoms in total. The Labute approximate surface area is 161 Å². The van der Waals surface area contributed by atoms with Crippen LogP contribution in [0.1, 0.15) is 23.4 Å². The number of amides is 1. The minimum atomic E-state index is -0.100. The van der Waals surface area contributed by atoms with Crippen molar-refractivity contribution in [3.63, 3.8) is 0 Å². The average molecular weight is 384 g/mol. The van der Waals surface area contributed by atoms with Crippen LogP contribution in [0.3, 0.4) is 0 Å². The van der Waals surface area contributed by atoms with Crippen molar-refractivity contribution >= 4 is 23.3 Å². The lowest BCUT2D eigenvalue weighted by Crippen LogP contribution is -2.28. The molecule has 1 aliphatic heterocycles. The normalized spacial score (nSPS) is 16.7. The van der Waals surface area contributed by atoms with Crippen LogP contribution < -0.4 is 9.47 Å². The highest BCUT2D eigenvalue weighted by molar-refractivity contribution is 7.99. The molecular weight excluding hydrogens is 364 g/mol. The number of thioether (sulfide) groups is 1. The molecule has 1 aliphatic rings. The van der Waals surface area contributed by atoms with Crippen molar-refractivity contribution in [2.75, 3.05) is 19.4 Å². The molecule has 1 fully saturated rings. The van der Waals surface area contributed by atoms with E-state index in [2.05, 4.69) is 9.97 Å². The lowest BCUT2D eigenvalue weighted by molar-refractivity contribution is -0.128. The predicted molar refractivity (Wildman–Crippen MR) is 103 cm³/mol. The molecule has 0 aromatic carbocycles. The third-order valence-corrected chi connectivity index (χ3v) is 5.77. The molecular formula is C19H20N4O3S. The first-order valence-electron chi connectivity index (χ1n) is 8.63. The molecule has 1 atom stereocenters. The second-order valence-electron chi connectivity index (χ2n) is 6.18. The lowest BCUT2D eigenvalue weighted by Gasteiger charge is -2.24. The molecule has 140 valence electrons. The van der Waals surface area contributed by atoms with Gasteiger partial charge in [-0.15, -0.1) is 11.8 Å². The summed E-state index contributed by atoms with van der Waals surface area (Å²) in [4.78, 5) is 22.5. The van der Waals surface area contributed by atoms with E-state index in [-0.39, 0.29) is 11.3 Å². The Morgan fingerprint density at radius 1 is 1.37 bits per heavy atom. The zero-order valence-corrected chi connectivity index (χ0v) is 16.0. The molecule has 0 spiro atoms. The van der Waals surface area contributed by atoms with Gasteiger partial charge in [-0.25, -0.2) is 9.97 Å². The van der Waals surface area contributed by atoms with E-state index in [9.17, 15) is 4.79 Å². The third-order valence-electron chi connectivity index (χ3n) is 4.53. The summed E-state index contributed by atoms with van der Waals surface area (Å²) in [6.45, 7) is 2.68. The number of ether oxygens (including phenoxy) is 2. The van der Waals surface area contributed by atoms with Gasteiger partial charge < -0.3 is 18.8 Å². The number of hydrogen-bond donors (Lipinski definition) is 0. The number of carbonyl (C=O) groups excluding carboxylic acids is 1. The summed E-state index contributed by atoms with van der Waals surface area (Å²) in [5.74, 6) is 2.09. The summed E-state index contributed by atoms with van der Waals surface area (Å²) in [6, 6.07) is 5.81. The van der Waals surface area contributed by atoms with Crippen molar-refractivity contribution in [1.29, 1.82) is 0 Å². The number of pyridine rings is 2. The largest absolute Gasteiger partial charge is 0.487 e. The molecule has 0 bridgehead atoms. The van der Waals surface area contributed by atoms with Crippen LogP contribution in [-0.4, -0.2) is 44.6 Å². The van der Waals surface area contributed by atoms with Gasteiger partial charge in [-0.1, -0.05) is 6.07 Å². The Morgan fingerprint density at radius 3 is 3.07 bits per heavy atom. The maximum atomic E-state index is 12.0. The number of imidazole rings is 1. The smallest absolute Gasteiger partial charge is 0.220 e. The van der Waals surface area contributed by atoms with Crippen molar-refractivity contribution < 1.29 is 14.3 Å². The summed E-state index contributed by atoms with van der Waals surface area (Å²) in [5, 5.41) is -0.100. The summed E-state index contributed by atoms with van der Waals surface area (Å²) in [7, 11) is 1.58. The first-order chi connectivity index (χ1) is 13.2. The van der Waals surface area contributed by atoms with Crippen LogP contribution in [-0.2, 0) is 11.4 Å². The van der Waals surface area contributed by atoms with E-state index < -0.39 is 0 Å². The van der Waals surface area contributed by atoms with Gasteiger partial charge in [0.1, 0.15) is 23.4 Å². The molecule has 0 N–H and O–H groups in total. The van der Waals surface area contributed by atoms with E-state index in [0.717, 1.165) is 29.1 Å². The highest BCUT2D eigenvalue weighted by Gasteiger charge is 2.31. The van der Waals surface area contributed by atoms with E-state index >= 15 is 0 Å². The predicted octanol–water partition coefficient (Wildman–Crippen LogP) is 2.91. The van der Waals surface area contributed by atoms with E-state index in [0.29, 0.717) is 18.2 Å². The van der Waals surface area contributed by atoms with Crippen molar-refractivity contribution in [1.82, 2.24) is 19.3 Å². The number of aromatic nitrogens is 3. The zero-order valence-electron chi connectivity index (χ0n) is 15.2. The van der Waals surface area contributed by atoms with Crippen LogP contribution in [0.4, 0.5) is 0 Å². The van der Waals surface area contributed by atoms with E-state index in [1.165, 1.54) is 0 Å². The molecule has 27 heavy (non-hydrogen) atoms. The standard InChI is InChI=1S/C19H20N4O3S/c1-13(24)23-8-9-27-19(23)15-10-17(25-2)21-11-16(15)26-12-14-4-3-6-22-7-5-20-18(14)22/h3-7,10-11,19H,8-9,12H2,1-2H3. The number of carbonyl (C=O) groups is 1. The molecule has 0 aliphatic carbocycles. The fourth-order valence-corrected chi connectivity index (χ4v) is 4.51. The highest BCUT2D eigenvalue weighted by Crippen LogP contribution is 2.42. The van der Waals surface area contributed by atoms with Crippen molar-refractivity contribution in [3.05, 3.63) is 54.1 Å². The second-order valence-corrected chi connectivity index (χ2v) is 7.37. The van der Waals surface area contributed by atoms with Crippen LogP contribution in [0.15, 0.2) is 43.0 Å². The molecule has 0 saturated carbocycles. The maximum absolute atomic E-state index is 12.0. The Bertz CT molecular complexity index is 974. The van der Waals surface area contributed by atoms with Crippen LogP contribution in [0.2, 0.25) is 0 Å². The van der Waals surface area contributed by atoms with Gasteiger partial charge in [0.2, 0.25) is 11.8 Å². The van der Waals surface area contributed by atoms with Gasteiger partial charge in [0, 0.05) is 55.0 Å². The quantitative estimate of drug-likeness (QED) is 0.674. The fourth-order valence-electron chi connectivity index (χ4n) is 3.19. The molecule has 8 heteroatoms. The second kappa shape index (κ2) is 7.48. The van der Waals surface area contributed by atoms with Gasteiger partial charge in [0.25, 0.3) is 0 Å². The Morgan fingerprint density at radius 2 is 2.26 bits per heavy atom. The molecule has 4 heterocycles. The van der Waals surface area contributed by atoms with Crippen LogP contribution in [0, 0.1) is 0 Å². The summed E-state index contributed by atoms with van der Waals surface area (Å²) in [5.41, 5.74) is 2.74. The molecule has 1 unspecified atom stereocenters. The summed E-state index contributed by atoms with van der Waals surface area (Å²) < 4.78 is 13.4. The molecule has 3 aromatic heterocycles. The average Bonchev–Trinajstić information content (AvgIpc) is 3.35. The highest BCUT2D eigenvalue weighted by atomic mass is 32.2. The number of methoxy groups -OCH3 is 1.